The minimum absolute atomic E-state index is 0.0379. The molecular formula is C30H37FN4O. The Morgan fingerprint density at radius 1 is 1.11 bits per heavy atom. The number of hydrogen-bond donors (Lipinski definition) is 2. The second-order valence-electron chi connectivity index (χ2n) is 11.6. The fraction of sp³-hybridized carbons (Fsp3) is 0.500. The molecule has 1 aromatic heterocycles. The number of nitrogens with zero attached hydrogens (tertiary/aromatic N) is 2. The predicted molar refractivity (Wildman–Crippen MR) is 142 cm³/mol. The second-order valence-corrected chi connectivity index (χ2v) is 11.6. The molecule has 0 aliphatic heterocycles. The number of carbonyl (C=O) groups is 1. The Morgan fingerprint density at radius 3 is 2.61 bits per heavy atom. The van der Waals surface area contributed by atoms with E-state index in [1.165, 1.54) is 36.9 Å². The van der Waals surface area contributed by atoms with Gasteiger partial charge in [0.1, 0.15) is 23.8 Å². The van der Waals surface area contributed by atoms with Crippen LogP contribution in [-0.2, 0) is 4.79 Å². The second kappa shape index (κ2) is 9.45. The lowest BCUT2D eigenvalue weighted by molar-refractivity contribution is -0.138. The Kier molecular flexibility index (Phi) is 6.48. The molecule has 5 rings (SSSR count). The number of allylic oxidation sites excluding steroid dienone is 4. The van der Waals surface area contributed by atoms with Crippen LogP contribution in [0.5, 0.6) is 0 Å². The molecule has 3 aliphatic carbocycles. The van der Waals surface area contributed by atoms with E-state index in [1.54, 1.807) is 23.8 Å². The van der Waals surface area contributed by atoms with Gasteiger partial charge in [0.05, 0.1) is 5.41 Å². The summed E-state index contributed by atoms with van der Waals surface area (Å²) in [5.41, 5.74) is 3.43. The van der Waals surface area contributed by atoms with Crippen molar-refractivity contribution in [2.24, 2.45) is 28.6 Å². The van der Waals surface area contributed by atoms with E-state index in [0.29, 0.717) is 35.1 Å². The average Bonchev–Trinajstić information content (AvgIpc) is 2.85. The van der Waals surface area contributed by atoms with Gasteiger partial charge in [-0.1, -0.05) is 51.8 Å². The molecule has 1 amide bonds. The topological polar surface area (TPSA) is 66.9 Å². The van der Waals surface area contributed by atoms with E-state index in [-0.39, 0.29) is 17.1 Å². The van der Waals surface area contributed by atoms with Crippen molar-refractivity contribution in [1.82, 2.24) is 9.97 Å². The molecule has 0 unspecified atom stereocenters. The van der Waals surface area contributed by atoms with Crippen molar-refractivity contribution in [3.8, 4) is 0 Å². The van der Waals surface area contributed by atoms with E-state index in [0.717, 1.165) is 25.7 Å². The van der Waals surface area contributed by atoms with Gasteiger partial charge in [-0.15, -0.1) is 0 Å². The maximum atomic E-state index is 13.8. The van der Waals surface area contributed by atoms with Gasteiger partial charge in [-0.25, -0.2) is 14.4 Å². The first-order valence-corrected chi connectivity index (χ1v) is 13.3. The zero-order valence-electron chi connectivity index (χ0n) is 21.8. The number of carbonyl (C=O) groups excluding carboxylic acids is 1. The predicted octanol–water partition coefficient (Wildman–Crippen LogP) is 7.43. The Morgan fingerprint density at radius 2 is 1.86 bits per heavy atom. The van der Waals surface area contributed by atoms with Crippen molar-refractivity contribution in [3.05, 3.63) is 65.8 Å². The third-order valence-corrected chi connectivity index (χ3v) is 9.12. The minimum Gasteiger partial charge on any atom is -0.340 e. The first-order chi connectivity index (χ1) is 17.2. The normalized spacial score (nSPS) is 29.5. The van der Waals surface area contributed by atoms with Gasteiger partial charge in [-0.05, 0) is 85.1 Å². The summed E-state index contributed by atoms with van der Waals surface area (Å²) in [4.78, 5) is 22.4. The first kappa shape index (κ1) is 24.7. The van der Waals surface area contributed by atoms with Crippen molar-refractivity contribution in [2.45, 2.75) is 66.2 Å². The Hall–Kier alpha value is -3.02. The van der Waals surface area contributed by atoms with E-state index in [1.807, 2.05) is 0 Å². The molecule has 0 radical (unpaired) electrons. The van der Waals surface area contributed by atoms with Gasteiger partial charge in [0.15, 0.2) is 0 Å². The highest BCUT2D eigenvalue weighted by Crippen LogP contribution is 2.62. The molecule has 36 heavy (non-hydrogen) atoms. The van der Waals surface area contributed by atoms with Gasteiger partial charge in [0, 0.05) is 11.8 Å². The SMILES string of the molecule is CC(C)C1=CC2=CC[C@@H]3[C@](C)(CCC[C@@]3(C)C(=O)Nc3cc(Nc4ccc(F)cc4)ncn3)[C@H]2CC1. The smallest absolute Gasteiger partial charge is 0.231 e. The largest absolute Gasteiger partial charge is 0.340 e. The van der Waals surface area contributed by atoms with Crippen molar-refractivity contribution < 1.29 is 9.18 Å². The van der Waals surface area contributed by atoms with E-state index in [2.05, 4.69) is 60.4 Å². The van der Waals surface area contributed by atoms with Crippen LogP contribution in [0.4, 0.5) is 21.7 Å². The molecular weight excluding hydrogens is 451 g/mol. The average molecular weight is 489 g/mol. The van der Waals surface area contributed by atoms with Crippen LogP contribution in [0.3, 0.4) is 0 Å². The van der Waals surface area contributed by atoms with Crippen molar-refractivity contribution in [3.63, 3.8) is 0 Å². The van der Waals surface area contributed by atoms with Gasteiger partial charge in [0.2, 0.25) is 5.91 Å². The number of aromatic nitrogens is 2. The number of halogens is 1. The molecule has 0 saturated heterocycles. The molecule has 1 fully saturated rings. The highest BCUT2D eigenvalue weighted by atomic mass is 19.1. The monoisotopic (exact) mass is 488 g/mol. The van der Waals surface area contributed by atoms with Crippen LogP contribution < -0.4 is 10.6 Å². The van der Waals surface area contributed by atoms with Gasteiger partial charge in [0.25, 0.3) is 0 Å². The summed E-state index contributed by atoms with van der Waals surface area (Å²) >= 11 is 0. The molecule has 2 aromatic rings. The third kappa shape index (κ3) is 4.46. The molecule has 0 spiro atoms. The van der Waals surface area contributed by atoms with Crippen molar-refractivity contribution in [1.29, 1.82) is 0 Å². The summed E-state index contributed by atoms with van der Waals surface area (Å²) in [6.07, 6.45) is 12.7. The zero-order chi connectivity index (χ0) is 25.5. The number of anilines is 3. The number of fused-ring (bicyclic) bond motifs is 3. The fourth-order valence-corrected chi connectivity index (χ4v) is 7.05. The molecule has 1 heterocycles. The van der Waals surface area contributed by atoms with Crippen LogP contribution >= 0.6 is 0 Å². The van der Waals surface area contributed by atoms with E-state index >= 15 is 0 Å². The standard InChI is InChI=1S/C30H37FN4O/c1-19(2)20-6-12-24-21(16-20)7-13-25-29(24,3)14-5-15-30(25,4)28(36)35-27-17-26(32-18-33-27)34-23-10-8-22(31)9-11-23/h7-11,16-19,24-25H,5-6,12-15H2,1-4H3,(H2,32,33,34,35,36)/t24-,25+,29+,30+/m0/s1. The molecule has 190 valence electrons. The quantitative estimate of drug-likeness (QED) is 0.459. The lowest BCUT2D eigenvalue weighted by atomic mass is 9.46. The molecule has 3 aliphatic rings. The summed E-state index contributed by atoms with van der Waals surface area (Å²) in [6, 6.07) is 7.81. The lowest BCUT2D eigenvalue weighted by Gasteiger charge is -2.57. The maximum absolute atomic E-state index is 13.8. The third-order valence-electron chi connectivity index (χ3n) is 9.12. The van der Waals surface area contributed by atoms with Gasteiger partial charge in [-0.3, -0.25) is 4.79 Å². The van der Waals surface area contributed by atoms with Gasteiger partial charge >= 0.3 is 0 Å². The summed E-state index contributed by atoms with van der Waals surface area (Å²) in [6.45, 7) is 9.16. The molecule has 1 aromatic carbocycles. The van der Waals surface area contributed by atoms with Crippen LogP contribution in [-0.4, -0.2) is 15.9 Å². The molecule has 4 atom stereocenters. The Bertz CT molecular complexity index is 1200. The maximum Gasteiger partial charge on any atom is 0.231 e. The number of benzene rings is 1. The molecule has 6 heteroatoms. The van der Waals surface area contributed by atoms with E-state index in [9.17, 15) is 9.18 Å². The lowest BCUT2D eigenvalue weighted by Crippen LogP contribution is -2.54. The number of amides is 1. The van der Waals surface area contributed by atoms with Crippen molar-refractivity contribution >= 4 is 23.2 Å². The molecule has 5 nitrogen and oxygen atoms in total. The molecule has 0 bridgehead atoms. The Labute approximate surface area is 213 Å². The zero-order valence-corrected chi connectivity index (χ0v) is 21.8. The summed E-state index contributed by atoms with van der Waals surface area (Å²) in [5, 5.41) is 6.25. The van der Waals surface area contributed by atoms with Crippen LogP contribution in [0.25, 0.3) is 0 Å². The van der Waals surface area contributed by atoms with Crippen LogP contribution in [0.15, 0.2) is 60.0 Å². The van der Waals surface area contributed by atoms with Crippen LogP contribution in [0.1, 0.15) is 66.2 Å². The highest BCUT2D eigenvalue weighted by molar-refractivity contribution is 5.95. The van der Waals surface area contributed by atoms with Crippen LogP contribution in [0.2, 0.25) is 0 Å². The van der Waals surface area contributed by atoms with E-state index in [4.69, 9.17) is 0 Å². The number of rotatable bonds is 5. The fourth-order valence-electron chi connectivity index (χ4n) is 7.05. The molecule has 1 saturated carbocycles. The van der Waals surface area contributed by atoms with Gasteiger partial charge < -0.3 is 10.6 Å². The molecule has 2 N–H and O–H groups in total. The highest BCUT2D eigenvalue weighted by Gasteiger charge is 2.57. The number of hydrogen-bond acceptors (Lipinski definition) is 4. The summed E-state index contributed by atoms with van der Waals surface area (Å²) in [7, 11) is 0. The van der Waals surface area contributed by atoms with Crippen molar-refractivity contribution in [2.75, 3.05) is 10.6 Å². The first-order valence-electron chi connectivity index (χ1n) is 13.3. The van der Waals surface area contributed by atoms with E-state index < -0.39 is 5.41 Å². The van der Waals surface area contributed by atoms with Crippen LogP contribution in [0, 0.1) is 34.4 Å². The summed E-state index contributed by atoms with van der Waals surface area (Å²) < 4.78 is 13.2. The Balaban J connectivity index is 1.36. The summed E-state index contributed by atoms with van der Waals surface area (Å²) in [5.74, 6) is 2.18. The van der Waals surface area contributed by atoms with Gasteiger partial charge in [-0.2, -0.15) is 0 Å². The minimum atomic E-state index is -0.466. The number of nitrogens with one attached hydrogen (secondary N) is 2.